The van der Waals surface area contributed by atoms with E-state index >= 15 is 0 Å². The maximum Gasteiger partial charge on any atom is 0.326 e. The van der Waals surface area contributed by atoms with Gasteiger partial charge in [-0.2, -0.15) is 15.0 Å². The predicted molar refractivity (Wildman–Crippen MR) is 130 cm³/mol. The van der Waals surface area contributed by atoms with Crippen LogP contribution >= 0.6 is 0 Å². The molecule has 0 saturated heterocycles. The maximum absolute atomic E-state index is 6.01. The summed E-state index contributed by atoms with van der Waals surface area (Å²) in [5.74, 6) is 2.14. The van der Waals surface area contributed by atoms with Crippen LogP contribution in [0.5, 0.6) is 11.8 Å². The van der Waals surface area contributed by atoms with Gasteiger partial charge in [0.1, 0.15) is 11.3 Å². The molecular formula is C25H30N6O. The highest BCUT2D eigenvalue weighted by molar-refractivity contribution is 5.86. The monoisotopic (exact) mass is 430 g/mol. The Balaban J connectivity index is 1.74. The van der Waals surface area contributed by atoms with Gasteiger partial charge < -0.3 is 19.9 Å². The summed E-state index contributed by atoms with van der Waals surface area (Å²) in [6, 6.07) is 16.3. The fraction of sp³-hybridized carbons (Fsp3) is 0.320. The number of rotatable bonds is 9. The van der Waals surface area contributed by atoms with Crippen LogP contribution < -0.4 is 15.0 Å². The van der Waals surface area contributed by atoms with Crippen LogP contribution in [0.4, 0.5) is 17.5 Å². The lowest BCUT2D eigenvalue weighted by molar-refractivity contribution is 0.443. The molecule has 2 aromatic heterocycles. The van der Waals surface area contributed by atoms with Gasteiger partial charge in [-0.3, -0.25) is 0 Å². The molecule has 4 rings (SSSR count). The number of nitrogens with one attached hydrogen (secondary N) is 2. The number of aromatic nitrogens is 4. The molecule has 0 atom stereocenters. The molecule has 0 radical (unpaired) electrons. The number of hydrogen-bond acceptors (Lipinski definition) is 6. The average Bonchev–Trinajstić information content (AvgIpc) is 3.17. The minimum absolute atomic E-state index is 0.294. The number of anilines is 3. The number of nitrogens with zero attached hydrogens (tertiary/aromatic N) is 4. The Morgan fingerprint density at radius 3 is 2.34 bits per heavy atom. The highest BCUT2D eigenvalue weighted by Gasteiger charge is 2.19. The second-order valence-electron chi connectivity index (χ2n) is 8.01. The Labute approximate surface area is 188 Å². The SMILES string of the molecule is CCCN(CCC)c1nc(Oc2ccc(C)cc2)nc2nc(Nc3cccc(C)c3)[nH]c12. The van der Waals surface area contributed by atoms with E-state index in [9.17, 15) is 0 Å². The van der Waals surface area contributed by atoms with Gasteiger partial charge in [-0.25, -0.2) is 0 Å². The third kappa shape index (κ3) is 4.99. The van der Waals surface area contributed by atoms with Gasteiger partial charge >= 0.3 is 6.01 Å². The first kappa shape index (κ1) is 21.6. The van der Waals surface area contributed by atoms with Crippen LogP contribution in [0.25, 0.3) is 11.2 Å². The lowest BCUT2D eigenvalue weighted by Gasteiger charge is -2.23. The van der Waals surface area contributed by atoms with Gasteiger partial charge in [-0.05, 0) is 56.5 Å². The fourth-order valence-corrected chi connectivity index (χ4v) is 3.63. The Morgan fingerprint density at radius 1 is 0.906 bits per heavy atom. The van der Waals surface area contributed by atoms with Crippen molar-refractivity contribution in [2.24, 2.45) is 0 Å². The van der Waals surface area contributed by atoms with E-state index in [1.807, 2.05) is 43.3 Å². The highest BCUT2D eigenvalue weighted by atomic mass is 16.5. The normalized spacial score (nSPS) is 11.0. The summed E-state index contributed by atoms with van der Waals surface area (Å²) in [6.07, 6.45) is 2.03. The molecule has 2 aromatic carbocycles. The Hall–Kier alpha value is -3.61. The van der Waals surface area contributed by atoms with E-state index in [0.29, 0.717) is 23.4 Å². The van der Waals surface area contributed by atoms with Crippen LogP contribution in [0.1, 0.15) is 37.8 Å². The number of aromatic amines is 1. The molecule has 2 heterocycles. The van der Waals surface area contributed by atoms with Crippen molar-refractivity contribution < 1.29 is 4.74 Å². The van der Waals surface area contributed by atoms with Crippen LogP contribution in [0.3, 0.4) is 0 Å². The first-order valence-electron chi connectivity index (χ1n) is 11.2. The second-order valence-corrected chi connectivity index (χ2v) is 8.01. The number of fused-ring (bicyclic) bond motifs is 1. The van der Waals surface area contributed by atoms with Crippen LogP contribution in [0.2, 0.25) is 0 Å². The summed E-state index contributed by atoms with van der Waals surface area (Å²) in [5.41, 5.74) is 4.69. The molecule has 7 heteroatoms. The Kier molecular flexibility index (Phi) is 6.54. The summed E-state index contributed by atoms with van der Waals surface area (Å²) < 4.78 is 6.01. The molecule has 0 fully saturated rings. The molecule has 0 aliphatic carbocycles. The van der Waals surface area contributed by atoms with E-state index in [1.54, 1.807) is 0 Å². The van der Waals surface area contributed by atoms with Crippen LogP contribution in [-0.2, 0) is 0 Å². The summed E-state index contributed by atoms with van der Waals surface area (Å²) in [7, 11) is 0. The molecule has 0 aliphatic rings. The lowest BCUT2D eigenvalue weighted by atomic mass is 10.2. The lowest BCUT2D eigenvalue weighted by Crippen LogP contribution is -2.26. The molecule has 0 saturated carbocycles. The van der Waals surface area contributed by atoms with Crippen LogP contribution in [-0.4, -0.2) is 33.0 Å². The fourth-order valence-electron chi connectivity index (χ4n) is 3.63. The third-order valence-corrected chi connectivity index (χ3v) is 5.11. The smallest absolute Gasteiger partial charge is 0.326 e. The van der Waals surface area contributed by atoms with Gasteiger partial charge in [0.25, 0.3) is 0 Å². The molecule has 0 amide bonds. The van der Waals surface area contributed by atoms with Gasteiger partial charge in [0.05, 0.1) is 0 Å². The van der Waals surface area contributed by atoms with Gasteiger partial charge in [0, 0.05) is 18.8 Å². The van der Waals surface area contributed by atoms with Crippen molar-refractivity contribution in [1.82, 2.24) is 19.9 Å². The molecule has 2 N–H and O–H groups in total. The number of aryl methyl sites for hydroxylation is 2. The van der Waals surface area contributed by atoms with Crippen LogP contribution in [0.15, 0.2) is 48.5 Å². The van der Waals surface area contributed by atoms with Gasteiger partial charge in [-0.15, -0.1) is 0 Å². The van der Waals surface area contributed by atoms with E-state index in [0.717, 1.165) is 43.0 Å². The number of ether oxygens (including phenoxy) is 1. The van der Waals surface area contributed by atoms with Crippen molar-refractivity contribution in [3.63, 3.8) is 0 Å². The second kappa shape index (κ2) is 9.68. The van der Waals surface area contributed by atoms with Crippen molar-refractivity contribution in [3.8, 4) is 11.8 Å². The van der Waals surface area contributed by atoms with Crippen molar-refractivity contribution in [2.45, 2.75) is 40.5 Å². The van der Waals surface area contributed by atoms with Crippen molar-refractivity contribution >= 4 is 28.6 Å². The zero-order valence-electron chi connectivity index (χ0n) is 19.1. The molecule has 7 nitrogen and oxygen atoms in total. The third-order valence-electron chi connectivity index (χ3n) is 5.11. The number of benzene rings is 2. The van der Waals surface area contributed by atoms with Gasteiger partial charge in [-0.1, -0.05) is 43.7 Å². The van der Waals surface area contributed by atoms with Gasteiger partial charge in [0.15, 0.2) is 11.5 Å². The van der Waals surface area contributed by atoms with E-state index < -0.39 is 0 Å². The highest BCUT2D eigenvalue weighted by Crippen LogP contribution is 2.29. The molecule has 0 unspecified atom stereocenters. The Morgan fingerprint density at radius 2 is 1.66 bits per heavy atom. The molecule has 166 valence electrons. The van der Waals surface area contributed by atoms with E-state index in [-0.39, 0.29) is 0 Å². The molecule has 0 spiro atoms. The standard InChI is InChI=1S/C25H30N6O/c1-5-14-31(15-6-2)23-21-22(28-24(27-21)26-19-9-7-8-18(4)16-19)29-25(30-23)32-20-12-10-17(3)11-13-20/h7-13,16H,5-6,14-15H2,1-4H3,(H2,26,27,28,29,30). The summed E-state index contributed by atoms with van der Waals surface area (Å²) in [5, 5.41) is 3.35. The van der Waals surface area contributed by atoms with Crippen molar-refractivity contribution in [1.29, 1.82) is 0 Å². The van der Waals surface area contributed by atoms with Gasteiger partial charge in [0.2, 0.25) is 5.95 Å². The predicted octanol–water partition coefficient (Wildman–Crippen LogP) is 6.13. The number of hydrogen-bond donors (Lipinski definition) is 2. The molecule has 32 heavy (non-hydrogen) atoms. The quantitative estimate of drug-likeness (QED) is 0.332. The van der Waals surface area contributed by atoms with Crippen molar-refractivity contribution in [3.05, 3.63) is 59.7 Å². The molecule has 0 aliphatic heterocycles. The largest absolute Gasteiger partial charge is 0.424 e. The topological polar surface area (TPSA) is 79.0 Å². The van der Waals surface area contributed by atoms with E-state index in [2.05, 4.69) is 53.1 Å². The molecular weight excluding hydrogens is 400 g/mol. The molecule has 4 aromatic rings. The van der Waals surface area contributed by atoms with Crippen LogP contribution in [0, 0.1) is 13.8 Å². The zero-order valence-corrected chi connectivity index (χ0v) is 19.1. The molecule has 0 bridgehead atoms. The number of imidazole rings is 1. The average molecular weight is 431 g/mol. The van der Waals surface area contributed by atoms with E-state index in [4.69, 9.17) is 14.7 Å². The number of H-pyrrole nitrogens is 1. The van der Waals surface area contributed by atoms with E-state index in [1.165, 1.54) is 11.1 Å². The zero-order chi connectivity index (χ0) is 22.5. The minimum Gasteiger partial charge on any atom is -0.424 e. The first-order chi connectivity index (χ1) is 15.6. The summed E-state index contributed by atoms with van der Waals surface area (Å²) >= 11 is 0. The maximum atomic E-state index is 6.01. The summed E-state index contributed by atoms with van der Waals surface area (Å²) in [4.78, 5) is 19.7. The van der Waals surface area contributed by atoms with Crippen molar-refractivity contribution in [2.75, 3.05) is 23.3 Å². The summed E-state index contributed by atoms with van der Waals surface area (Å²) in [6.45, 7) is 10.2. The Bertz CT molecular complexity index is 1180. The first-order valence-corrected chi connectivity index (χ1v) is 11.2. The minimum atomic E-state index is 0.294.